The number of anilines is 1. The summed E-state index contributed by atoms with van der Waals surface area (Å²) < 4.78 is 2.28. The van der Waals surface area contributed by atoms with E-state index in [1.807, 2.05) is 18.2 Å². The van der Waals surface area contributed by atoms with Crippen molar-refractivity contribution in [1.29, 1.82) is 0 Å². The van der Waals surface area contributed by atoms with Crippen LogP contribution < -0.4 is 5.32 Å². The number of rotatable bonds is 2. The van der Waals surface area contributed by atoms with Crippen molar-refractivity contribution in [3.8, 4) is 12.3 Å². The fourth-order valence-electron chi connectivity index (χ4n) is 0.759. The lowest BCUT2D eigenvalue weighted by molar-refractivity contribution is 1.37. The number of hydrogen-bond donors (Lipinski definition) is 1. The second kappa shape index (κ2) is 4.73. The van der Waals surface area contributed by atoms with Crippen molar-refractivity contribution in [1.82, 2.24) is 0 Å². The molecule has 0 radical (unpaired) electrons. The molecular weight excluding hydrogens is 329 g/mol. The minimum absolute atomic E-state index is 0.567. The molecule has 0 heterocycles. The maximum absolute atomic E-state index is 5.12. The van der Waals surface area contributed by atoms with Crippen LogP contribution in [-0.4, -0.2) is 6.54 Å². The van der Waals surface area contributed by atoms with E-state index in [1.165, 1.54) is 3.57 Å². The van der Waals surface area contributed by atoms with E-state index in [0.717, 1.165) is 10.2 Å². The van der Waals surface area contributed by atoms with Crippen LogP contribution in [0.1, 0.15) is 0 Å². The standard InChI is InChI=1S/C9H7BrIN/c1-2-5-12-7-3-4-8(10)9(11)6-7/h1,3-4,6,12H,5H2. The van der Waals surface area contributed by atoms with Gasteiger partial charge in [0.25, 0.3) is 0 Å². The molecule has 0 aliphatic carbocycles. The van der Waals surface area contributed by atoms with E-state index in [1.54, 1.807) is 0 Å². The number of halogens is 2. The Morgan fingerprint density at radius 3 is 2.92 bits per heavy atom. The predicted molar refractivity (Wildman–Crippen MR) is 64.2 cm³/mol. The summed E-state index contributed by atoms with van der Waals surface area (Å²) in [6.45, 7) is 0.567. The molecule has 3 heteroatoms. The number of benzene rings is 1. The van der Waals surface area contributed by atoms with Gasteiger partial charge in [-0.2, -0.15) is 0 Å². The van der Waals surface area contributed by atoms with E-state index >= 15 is 0 Å². The quantitative estimate of drug-likeness (QED) is 0.647. The van der Waals surface area contributed by atoms with Gasteiger partial charge in [-0.15, -0.1) is 6.42 Å². The van der Waals surface area contributed by atoms with E-state index < -0.39 is 0 Å². The summed E-state index contributed by atoms with van der Waals surface area (Å²) in [7, 11) is 0. The number of hydrogen-bond acceptors (Lipinski definition) is 1. The monoisotopic (exact) mass is 335 g/mol. The largest absolute Gasteiger partial charge is 0.374 e. The summed E-state index contributed by atoms with van der Waals surface area (Å²) in [5, 5.41) is 3.10. The minimum atomic E-state index is 0.567. The lowest BCUT2D eigenvalue weighted by Gasteiger charge is -2.03. The molecule has 1 rings (SSSR count). The molecule has 62 valence electrons. The van der Waals surface area contributed by atoms with Crippen LogP contribution in [0.4, 0.5) is 5.69 Å². The van der Waals surface area contributed by atoms with Crippen LogP contribution in [0.2, 0.25) is 0 Å². The first-order valence-corrected chi connectivity index (χ1v) is 5.23. The van der Waals surface area contributed by atoms with Gasteiger partial charge < -0.3 is 5.32 Å². The lowest BCUT2D eigenvalue weighted by Crippen LogP contribution is -1.98. The molecule has 0 aliphatic heterocycles. The molecule has 0 saturated carbocycles. The SMILES string of the molecule is C#CCNc1ccc(Br)c(I)c1. The average Bonchev–Trinajstić information content (AvgIpc) is 2.07. The summed E-state index contributed by atoms with van der Waals surface area (Å²) in [4.78, 5) is 0. The Balaban J connectivity index is 2.77. The van der Waals surface area contributed by atoms with Crippen LogP contribution in [0.5, 0.6) is 0 Å². The first-order valence-electron chi connectivity index (χ1n) is 3.36. The van der Waals surface area contributed by atoms with Gasteiger partial charge in [-0.05, 0) is 56.7 Å². The smallest absolute Gasteiger partial charge is 0.0763 e. The van der Waals surface area contributed by atoms with E-state index in [-0.39, 0.29) is 0 Å². The Labute approximate surface area is 94.2 Å². The Kier molecular flexibility index (Phi) is 3.89. The normalized spacial score (nSPS) is 9.08. The Hall–Kier alpha value is -0.210. The molecule has 0 aromatic heterocycles. The third-order valence-electron chi connectivity index (χ3n) is 1.31. The lowest BCUT2D eigenvalue weighted by atomic mass is 10.3. The molecule has 0 atom stereocenters. The van der Waals surface area contributed by atoms with E-state index in [0.29, 0.717) is 6.54 Å². The molecule has 0 aliphatic rings. The molecule has 0 amide bonds. The van der Waals surface area contributed by atoms with Crippen molar-refractivity contribution in [2.24, 2.45) is 0 Å². The van der Waals surface area contributed by atoms with Gasteiger partial charge in [-0.25, -0.2) is 0 Å². The van der Waals surface area contributed by atoms with Crippen molar-refractivity contribution in [3.63, 3.8) is 0 Å². The highest BCUT2D eigenvalue weighted by molar-refractivity contribution is 14.1. The summed E-state index contributed by atoms with van der Waals surface area (Å²) in [5.74, 6) is 2.52. The van der Waals surface area contributed by atoms with Crippen molar-refractivity contribution in [2.75, 3.05) is 11.9 Å². The topological polar surface area (TPSA) is 12.0 Å². The first-order chi connectivity index (χ1) is 5.74. The van der Waals surface area contributed by atoms with Crippen molar-refractivity contribution in [3.05, 3.63) is 26.2 Å². The first kappa shape index (κ1) is 9.87. The van der Waals surface area contributed by atoms with Crippen LogP contribution in [0.3, 0.4) is 0 Å². The van der Waals surface area contributed by atoms with Gasteiger partial charge in [-0.1, -0.05) is 5.92 Å². The van der Waals surface area contributed by atoms with E-state index in [2.05, 4.69) is 49.8 Å². The van der Waals surface area contributed by atoms with E-state index in [4.69, 9.17) is 6.42 Å². The Bertz CT molecular complexity index is 317. The van der Waals surface area contributed by atoms with Crippen LogP contribution >= 0.6 is 38.5 Å². The van der Waals surface area contributed by atoms with E-state index in [9.17, 15) is 0 Å². The van der Waals surface area contributed by atoms with Crippen LogP contribution in [0, 0.1) is 15.9 Å². The third kappa shape index (κ3) is 2.68. The summed E-state index contributed by atoms with van der Waals surface area (Å²) >= 11 is 5.69. The highest BCUT2D eigenvalue weighted by Gasteiger charge is 1.96. The Morgan fingerprint density at radius 2 is 2.33 bits per heavy atom. The second-order valence-electron chi connectivity index (χ2n) is 2.19. The molecule has 0 saturated heterocycles. The van der Waals surface area contributed by atoms with Gasteiger partial charge >= 0.3 is 0 Å². The van der Waals surface area contributed by atoms with Gasteiger partial charge in [0.05, 0.1) is 6.54 Å². The molecule has 1 aromatic rings. The van der Waals surface area contributed by atoms with Crippen LogP contribution in [-0.2, 0) is 0 Å². The maximum Gasteiger partial charge on any atom is 0.0763 e. The van der Waals surface area contributed by atoms with Gasteiger partial charge in [-0.3, -0.25) is 0 Å². The third-order valence-corrected chi connectivity index (χ3v) is 3.64. The van der Waals surface area contributed by atoms with Crippen molar-refractivity contribution >= 4 is 44.2 Å². The zero-order valence-electron chi connectivity index (χ0n) is 6.27. The van der Waals surface area contributed by atoms with Crippen molar-refractivity contribution in [2.45, 2.75) is 0 Å². The van der Waals surface area contributed by atoms with Crippen LogP contribution in [0.15, 0.2) is 22.7 Å². The molecule has 0 unspecified atom stereocenters. The minimum Gasteiger partial charge on any atom is -0.374 e. The maximum atomic E-state index is 5.12. The summed E-state index contributed by atoms with van der Waals surface area (Å²) in [5.41, 5.74) is 1.06. The fourth-order valence-corrected chi connectivity index (χ4v) is 1.52. The molecule has 0 fully saturated rings. The van der Waals surface area contributed by atoms with Crippen LogP contribution in [0.25, 0.3) is 0 Å². The molecule has 1 nitrogen and oxygen atoms in total. The highest BCUT2D eigenvalue weighted by atomic mass is 127. The van der Waals surface area contributed by atoms with Crippen molar-refractivity contribution < 1.29 is 0 Å². The highest BCUT2D eigenvalue weighted by Crippen LogP contribution is 2.22. The average molecular weight is 336 g/mol. The molecular formula is C9H7BrIN. The zero-order chi connectivity index (χ0) is 8.97. The second-order valence-corrected chi connectivity index (χ2v) is 4.20. The Morgan fingerprint density at radius 1 is 1.58 bits per heavy atom. The predicted octanol–water partition coefficient (Wildman–Crippen LogP) is 3.10. The molecule has 0 bridgehead atoms. The molecule has 1 aromatic carbocycles. The molecule has 1 N–H and O–H groups in total. The summed E-state index contributed by atoms with van der Waals surface area (Å²) in [6.07, 6.45) is 5.12. The summed E-state index contributed by atoms with van der Waals surface area (Å²) in [6, 6.07) is 6.03. The number of nitrogens with one attached hydrogen (secondary N) is 1. The number of terminal acetylenes is 1. The fraction of sp³-hybridized carbons (Fsp3) is 0.111. The van der Waals surface area contributed by atoms with Gasteiger partial charge in [0, 0.05) is 13.7 Å². The van der Waals surface area contributed by atoms with Gasteiger partial charge in [0.15, 0.2) is 0 Å². The molecule has 0 spiro atoms. The van der Waals surface area contributed by atoms with Gasteiger partial charge in [0.1, 0.15) is 0 Å². The zero-order valence-corrected chi connectivity index (χ0v) is 10.0. The van der Waals surface area contributed by atoms with Gasteiger partial charge in [0.2, 0.25) is 0 Å². The molecule has 12 heavy (non-hydrogen) atoms.